The Bertz CT molecular complexity index is 159. The van der Waals surface area contributed by atoms with Gasteiger partial charge in [0.05, 0.1) is 6.07 Å². The maximum atomic E-state index is 8.33. The smallest absolute Gasteiger partial charge is 0.0622 e. The van der Waals surface area contributed by atoms with Crippen LogP contribution in [0.3, 0.4) is 0 Å². The zero-order chi connectivity index (χ0) is 9.36. The molecule has 1 aliphatic heterocycles. The molecule has 0 saturated carbocycles. The summed E-state index contributed by atoms with van der Waals surface area (Å²) in [4.78, 5) is 0. The van der Waals surface area contributed by atoms with Crippen molar-refractivity contribution in [3.05, 3.63) is 0 Å². The second-order valence-corrected chi connectivity index (χ2v) is 4.86. The van der Waals surface area contributed by atoms with E-state index in [-0.39, 0.29) is 0 Å². The van der Waals surface area contributed by atoms with Crippen molar-refractivity contribution in [3.8, 4) is 6.07 Å². The summed E-state index contributed by atoms with van der Waals surface area (Å²) >= 11 is 2.10. The van der Waals surface area contributed by atoms with Crippen molar-refractivity contribution >= 4 is 11.8 Å². The quantitative estimate of drug-likeness (QED) is 0.688. The Labute approximate surface area is 85.1 Å². The molecule has 0 aromatic rings. The van der Waals surface area contributed by atoms with E-state index in [0.717, 1.165) is 24.8 Å². The van der Waals surface area contributed by atoms with Crippen molar-refractivity contribution in [2.24, 2.45) is 0 Å². The fourth-order valence-electron chi connectivity index (χ4n) is 1.52. The highest BCUT2D eigenvalue weighted by Crippen LogP contribution is 2.24. The van der Waals surface area contributed by atoms with Crippen LogP contribution in [0.25, 0.3) is 0 Å². The van der Waals surface area contributed by atoms with Gasteiger partial charge >= 0.3 is 0 Å². The number of rotatable bonds is 5. The SMILES string of the molecule is N#CCCCNCC1CCCCS1. The number of unbranched alkanes of at least 4 members (excludes halogenated alkanes) is 1. The van der Waals surface area contributed by atoms with Crippen LogP contribution in [0.5, 0.6) is 0 Å². The molecule has 0 amide bonds. The largest absolute Gasteiger partial charge is 0.316 e. The van der Waals surface area contributed by atoms with E-state index in [1.165, 1.54) is 25.0 Å². The Morgan fingerprint density at radius 1 is 1.46 bits per heavy atom. The Kier molecular flexibility index (Phi) is 6.05. The molecule has 1 heterocycles. The van der Waals surface area contributed by atoms with Gasteiger partial charge in [-0.2, -0.15) is 17.0 Å². The summed E-state index contributed by atoms with van der Waals surface area (Å²) in [5, 5.41) is 12.6. The van der Waals surface area contributed by atoms with E-state index in [9.17, 15) is 0 Å². The van der Waals surface area contributed by atoms with Crippen molar-refractivity contribution in [1.29, 1.82) is 5.26 Å². The molecule has 1 atom stereocenters. The lowest BCUT2D eigenvalue weighted by Crippen LogP contribution is -2.27. The lowest BCUT2D eigenvalue weighted by atomic mass is 10.2. The summed E-state index contributed by atoms with van der Waals surface area (Å²) < 4.78 is 0. The second-order valence-electron chi connectivity index (χ2n) is 3.45. The fourth-order valence-corrected chi connectivity index (χ4v) is 2.80. The van der Waals surface area contributed by atoms with Crippen LogP contribution in [0.15, 0.2) is 0 Å². The van der Waals surface area contributed by atoms with Crippen molar-refractivity contribution in [2.75, 3.05) is 18.8 Å². The molecular formula is C10H18N2S. The molecule has 2 nitrogen and oxygen atoms in total. The minimum atomic E-state index is 0.685. The van der Waals surface area contributed by atoms with Crippen LogP contribution < -0.4 is 5.32 Å². The molecule has 74 valence electrons. The summed E-state index contributed by atoms with van der Waals surface area (Å²) in [5.74, 6) is 1.34. The van der Waals surface area contributed by atoms with E-state index in [4.69, 9.17) is 5.26 Å². The predicted octanol–water partition coefficient (Wildman–Crippen LogP) is 2.17. The van der Waals surface area contributed by atoms with Gasteiger partial charge in [0.2, 0.25) is 0 Å². The molecular weight excluding hydrogens is 180 g/mol. The summed E-state index contributed by atoms with van der Waals surface area (Å²) in [6.45, 7) is 2.14. The first-order valence-electron chi connectivity index (χ1n) is 5.13. The lowest BCUT2D eigenvalue weighted by molar-refractivity contribution is 0.588. The summed E-state index contributed by atoms with van der Waals surface area (Å²) in [6.07, 6.45) is 5.85. The van der Waals surface area contributed by atoms with Crippen LogP contribution in [-0.4, -0.2) is 24.1 Å². The average Bonchev–Trinajstić information content (AvgIpc) is 2.19. The van der Waals surface area contributed by atoms with Crippen molar-refractivity contribution < 1.29 is 0 Å². The van der Waals surface area contributed by atoms with Gasteiger partial charge < -0.3 is 5.32 Å². The molecule has 0 aliphatic carbocycles. The van der Waals surface area contributed by atoms with E-state index in [1.54, 1.807) is 0 Å². The van der Waals surface area contributed by atoms with E-state index < -0.39 is 0 Å². The molecule has 0 radical (unpaired) electrons. The molecule has 1 unspecified atom stereocenters. The van der Waals surface area contributed by atoms with E-state index in [0.29, 0.717) is 6.42 Å². The normalized spacial score (nSPS) is 22.5. The molecule has 13 heavy (non-hydrogen) atoms. The number of thioether (sulfide) groups is 1. The van der Waals surface area contributed by atoms with Gasteiger partial charge in [-0.05, 0) is 31.6 Å². The van der Waals surface area contributed by atoms with Gasteiger partial charge in [0, 0.05) is 18.2 Å². The van der Waals surface area contributed by atoms with Crippen molar-refractivity contribution in [3.63, 3.8) is 0 Å². The maximum absolute atomic E-state index is 8.33. The standard InChI is InChI=1S/C10H18N2S/c11-6-2-3-7-12-9-10-5-1-4-8-13-10/h10,12H,1-5,7-9H2. The third-order valence-corrected chi connectivity index (χ3v) is 3.69. The first kappa shape index (κ1) is 10.9. The summed E-state index contributed by atoms with van der Waals surface area (Å²) in [5.41, 5.74) is 0. The van der Waals surface area contributed by atoms with Gasteiger partial charge in [-0.3, -0.25) is 0 Å². The lowest BCUT2D eigenvalue weighted by Gasteiger charge is -2.21. The third-order valence-electron chi connectivity index (χ3n) is 2.29. The zero-order valence-electron chi connectivity index (χ0n) is 8.09. The van der Waals surface area contributed by atoms with Gasteiger partial charge in [0.1, 0.15) is 0 Å². The van der Waals surface area contributed by atoms with Gasteiger partial charge in [-0.15, -0.1) is 0 Å². The molecule has 0 spiro atoms. The Hall–Kier alpha value is -0.200. The van der Waals surface area contributed by atoms with Crippen LogP contribution in [0, 0.1) is 11.3 Å². The van der Waals surface area contributed by atoms with Gasteiger partial charge in [0.15, 0.2) is 0 Å². The van der Waals surface area contributed by atoms with E-state index in [2.05, 4.69) is 23.1 Å². The molecule has 1 saturated heterocycles. The molecule has 0 aromatic heterocycles. The van der Waals surface area contributed by atoms with Crippen LogP contribution in [0.2, 0.25) is 0 Å². The highest BCUT2D eigenvalue weighted by atomic mass is 32.2. The Balaban J connectivity index is 1.90. The van der Waals surface area contributed by atoms with Crippen LogP contribution in [0.4, 0.5) is 0 Å². The second kappa shape index (κ2) is 7.23. The zero-order valence-corrected chi connectivity index (χ0v) is 8.91. The predicted molar refractivity (Wildman–Crippen MR) is 57.8 cm³/mol. The molecule has 1 fully saturated rings. The summed E-state index contributed by atoms with van der Waals surface area (Å²) in [6, 6.07) is 2.16. The maximum Gasteiger partial charge on any atom is 0.0622 e. The topological polar surface area (TPSA) is 35.8 Å². The number of hydrogen-bond donors (Lipinski definition) is 1. The molecule has 3 heteroatoms. The summed E-state index contributed by atoms with van der Waals surface area (Å²) in [7, 11) is 0. The molecule has 0 bridgehead atoms. The van der Waals surface area contributed by atoms with E-state index >= 15 is 0 Å². The van der Waals surface area contributed by atoms with Crippen LogP contribution in [0.1, 0.15) is 32.1 Å². The highest BCUT2D eigenvalue weighted by molar-refractivity contribution is 7.99. The van der Waals surface area contributed by atoms with Crippen LogP contribution in [-0.2, 0) is 0 Å². The molecule has 1 N–H and O–H groups in total. The molecule has 0 aromatic carbocycles. The highest BCUT2D eigenvalue weighted by Gasteiger charge is 2.12. The fraction of sp³-hybridized carbons (Fsp3) is 0.900. The average molecular weight is 198 g/mol. The minimum absolute atomic E-state index is 0.685. The van der Waals surface area contributed by atoms with Gasteiger partial charge in [-0.25, -0.2) is 0 Å². The number of nitrogens with zero attached hydrogens (tertiary/aromatic N) is 1. The van der Waals surface area contributed by atoms with E-state index in [1.807, 2.05) is 0 Å². The van der Waals surface area contributed by atoms with Gasteiger partial charge in [0.25, 0.3) is 0 Å². The van der Waals surface area contributed by atoms with Crippen molar-refractivity contribution in [2.45, 2.75) is 37.4 Å². The first-order valence-corrected chi connectivity index (χ1v) is 6.17. The Morgan fingerprint density at radius 2 is 2.38 bits per heavy atom. The first-order chi connectivity index (χ1) is 6.43. The van der Waals surface area contributed by atoms with Gasteiger partial charge in [-0.1, -0.05) is 6.42 Å². The molecule has 1 rings (SSSR count). The number of nitriles is 1. The number of hydrogen-bond acceptors (Lipinski definition) is 3. The minimum Gasteiger partial charge on any atom is -0.316 e. The number of nitrogens with one attached hydrogen (secondary N) is 1. The monoisotopic (exact) mass is 198 g/mol. The van der Waals surface area contributed by atoms with Crippen LogP contribution >= 0.6 is 11.8 Å². The third kappa shape index (κ3) is 5.17. The molecule has 1 aliphatic rings. The Morgan fingerprint density at radius 3 is 3.08 bits per heavy atom. The van der Waals surface area contributed by atoms with Crippen molar-refractivity contribution in [1.82, 2.24) is 5.32 Å².